The highest BCUT2D eigenvalue weighted by atomic mass is 19.1. The van der Waals surface area contributed by atoms with Gasteiger partial charge in [0.05, 0.1) is 5.56 Å². The summed E-state index contributed by atoms with van der Waals surface area (Å²) in [5.41, 5.74) is 9.71. The molecule has 0 bridgehead atoms. The molecule has 2 aromatic carbocycles. The molecule has 0 saturated carbocycles. The van der Waals surface area contributed by atoms with Crippen LogP contribution >= 0.6 is 0 Å². The lowest BCUT2D eigenvalue weighted by Gasteiger charge is -2.01. The van der Waals surface area contributed by atoms with Gasteiger partial charge in [-0.2, -0.15) is 4.98 Å². The highest BCUT2D eigenvalue weighted by molar-refractivity contribution is 5.72. The summed E-state index contributed by atoms with van der Waals surface area (Å²) in [5, 5.41) is 3.93. The number of benzene rings is 2. The smallest absolute Gasteiger partial charge is 0.260 e. The Balaban J connectivity index is 2.08. The van der Waals surface area contributed by atoms with E-state index in [1.807, 2.05) is 26.0 Å². The number of hydrogen-bond acceptors (Lipinski definition) is 4. The fraction of sp³-hybridized carbons (Fsp3) is 0.125. The number of nitrogens with zero attached hydrogens (tertiary/aromatic N) is 2. The van der Waals surface area contributed by atoms with Gasteiger partial charge in [0.15, 0.2) is 0 Å². The third-order valence-corrected chi connectivity index (χ3v) is 3.31. The zero-order valence-corrected chi connectivity index (χ0v) is 11.7. The Morgan fingerprint density at radius 3 is 2.67 bits per heavy atom. The van der Waals surface area contributed by atoms with Gasteiger partial charge in [-0.3, -0.25) is 0 Å². The van der Waals surface area contributed by atoms with Crippen LogP contribution < -0.4 is 5.73 Å². The van der Waals surface area contributed by atoms with E-state index in [9.17, 15) is 4.39 Å². The summed E-state index contributed by atoms with van der Waals surface area (Å²) in [4.78, 5) is 4.33. The van der Waals surface area contributed by atoms with Crippen LogP contribution in [-0.2, 0) is 0 Å². The average molecular weight is 283 g/mol. The molecule has 4 nitrogen and oxygen atoms in total. The standard InChI is InChI=1S/C16H14FN3O/c1-9-3-6-14(18)13(7-9)16-19-15(20-21-16)12-8-11(17)5-4-10(12)2/h3-8H,18H2,1-2H3. The predicted octanol–water partition coefficient (Wildman–Crippen LogP) is 3.74. The van der Waals surface area contributed by atoms with Gasteiger partial charge in [0.1, 0.15) is 5.82 Å². The summed E-state index contributed by atoms with van der Waals surface area (Å²) in [5.74, 6) is 0.342. The molecule has 0 aliphatic carbocycles. The van der Waals surface area contributed by atoms with Gasteiger partial charge in [-0.05, 0) is 43.7 Å². The minimum Gasteiger partial charge on any atom is -0.398 e. The van der Waals surface area contributed by atoms with Crippen molar-refractivity contribution < 1.29 is 8.91 Å². The van der Waals surface area contributed by atoms with E-state index < -0.39 is 0 Å². The van der Waals surface area contributed by atoms with Crippen molar-refractivity contribution in [2.75, 3.05) is 5.73 Å². The van der Waals surface area contributed by atoms with Gasteiger partial charge < -0.3 is 10.3 Å². The summed E-state index contributed by atoms with van der Waals surface area (Å²) >= 11 is 0. The van der Waals surface area contributed by atoms with Crippen LogP contribution in [0.15, 0.2) is 40.9 Å². The summed E-state index contributed by atoms with van der Waals surface area (Å²) < 4.78 is 18.6. The Morgan fingerprint density at radius 2 is 1.86 bits per heavy atom. The average Bonchev–Trinajstić information content (AvgIpc) is 2.93. The SMILES string of the molecule is Cc1ccc(N)c(-c2nc(-c3cc(F)ccc3C)no2)c1. The largest absolute Gasteiger partial charge is 0.398 e. The van der Waals surface area contributed by atoms with Crippen molar-refractivity contribution in [1.82, 2.24) is 10.1 Å². The summed E-state index contributed by atoms with van der Waals surface area (Å²) in [6.45, 7) is 3.82. The first-order valence-corrected chi connectivity index (χ1v) is 6.51. The van der Waals surface area contributed by atoms with Crippen LogP contribution in [0.5, 0.6) is 0 Å². The molecular weight excluding hydrogens is 269 g/mol. The molecule has 106 valence electrons. The first-order chi connectivity index (χ1) is 10.0. The van der Waals surface area contributed by atoms with Crippen molar-refractivity contribution in [2.45, 2.75) is 13.8 Å². The number of hydrogen-bond donors (Lipinski definition) is 1. The fourth-order valence-electron chi connectivity index (χ4n) is 2.13. The van der Waals surface area contributed by atoms with E-state index in [1.54, 1.807) is 12.1 Å². The molecule has 0 aliphatic rings. The van der Waals surface area contributed by atoms with Crippen molar-refractivity contribution in [1.29, 1.82) is 0 Å². The minimum absolute atomic E-state index is 0.329. The lowest BCUT2D eigenvalue weighted by molar-refractivity contribution is 0.432. The van der Waals surface area contributed by atoms with E-state index in [2.05, 4.69) is 10.1 Å². The first-order valence-electron chi connectivity index (χ1n) is 6.51. The molecule has 0 spiro atoms. The predicted molar refractivity (Wildman–Crippen MR) is 79.0 cm³/mol. The Morgan fingerprint density at radius 1 is 1.05 bits per heavy atom. The van der Waals surface area contributed by atoms with Crippen LogP contribution in [0.3, 0.4) is 0 Å². The third kappa shape index (κ3) is 2.50. The molecule has 0 saturated heterocycles. The zero-order valence-electron chi connectivity index (χ0n) is 11.7. The lowest BCUT2D eigenvalue weighted by atomic mass is 10.1. The number of rotatable bonds is 2. The fourth-order valence-corrected chi connectivity index (χ4v) is 2.13. The molecule has 0 atom stereocenters. The van der Waals surface area contributed by atoms with Gasteiger partial charge in [0, 0.05) is 11.3 Å². The maximum atomic E-state index is 13.4. The van der Waals surface area contributed by atoms with Crippen molar-refractivity contribution in [3.63, 3.8) is 0 Å². The maximum absolute atomic E-state index is 13.4. The van der Waals surface area contributed by atoms with E-state index in [-0.39, 0.29) is 5.82 Å². The van der Waals surface area contributed by atoms with Crippen LogP contribution in [0.4, 0.5) is 10.1 Å². The molecule has 0 radical (unpaired) electrons. The number of aryl methyl sites for hydroxylation is 2. The zero-order chi connectivity index (χ0) is 15.0. The molecule has 3 rings (SSSR count). The van der Waals surface area contributed by atoms with E-state index in [0.717, 1.165) is 11.1 Å². The van der Waals surface area contributed by atoms with Gasteiger partial charge in [0.25, 0.3) is 5.89 Å². The Labute approximate surface area is 121 Å². The number of nitrogens with two attached hydrogens (primary N) is 1. The second-order valence-electron chi connectivity index (χ2n) is 4.97. The normalized spacial score (nSPS) is 10.8. The van der Waals surface area contributed by atoms with Crippen LogP contribution in [0.2, 0.25) is 0 Å². The van der Waals surface area contributed by atoms with E-state index in [1.165, 1.54) is 12.1 Å². The van der Waals surface area contributed by atoms with Crippen molar-refractivity contribution in [2.24, 2.45) is 0 Å². The molecule has 0 fully saturated rings. The molecule has 21 heavy (non-hydrogen) atoms. The molecular formula is C16H14FN3O. The Hall–Kier alpha value is -2.69. The Kier molecular flexibility index (Phi) is 3.17. The third-order valence-electron chi connectivity index (χ3n) is 3.31. The van der Waals surface area contributed by atoms with Crippen molar-refractivity contribution in [3.05, 3.63) is 53.3 Å². The number of anilines is 1. The first kappa shape index (κ1) is 13.3. The van der Waals surface area contributed by atoms with E-state index in [0.29, 0.717) is 28.5 Å². The summed E-state index contributed by atoms with van der Waals surface area (Å²) in [7, 11) is 0. The molecule has 0 aliphatic heterocycles. The van der Waals surface area contributed by atoms with Crippen molar-refractivity contribution in [3.8, 4) is 22.8 Å². The number of halogens is 1. The van der Waals surface area contributed by atoms with Crippen LogP contribution in [-0.4, -0.2) is 10.1 Å². The molecule has 3 aromatic rings. The summed E-state index contributed by atoms with van der Waals surface area (Å²) in [6.07, 6.45) is 0. The number of aromatic nitrogens is 2. The highest BCUT2D eigenvalue weighted by Crippen LogP contribution is 2.28. The quantitative estimate of drug-likeness (QED) is 0.727. The van der Waals surface area contributed by atoms with Crippen LogP contribution in [0, 0.1) is 19.7 Å². The monoisotopic (exact) mass is 283 g/mol. The van der Waals surface area contributed by atoms with Gasteiger partial charge >= 0.3 is 0 Å². The highest BCUT2D eigenvalue weighted by Gasteiger charge is 2.15. The van der Waals surface area contributed by atoms with E-state index in [4.69, 9.17) is 10.3 Å². The van der Waals surface area contributed by atoms with Gasteiger partial charge in [-0.25, -0.2) is 4.39 Å². The van der Waals surface area contributed by atoms with Crippen LogP contribution in [0.1, 0.15) is 11.1 Å². The molecule has 1 aromatic heterocycles. The molecule has 0 unspecified atom stereocenters. The molecule has 2 N–H and O–H groups in total. The summed E-state index contributed by atoms with van der Waals surface area (Å²) in [6, 6.07) is 10.1. The topological polar surface area (TPSA) is 64.9 Å². The van der Waals surface area contributed by atoms with Gasteiger partial charge in [0.2, 0.25) is 5.82 Å². The van der Waals surface area contributed by atoms with E-state index >= 15 is 0 Å². The van der Waals surface area contributed by atoms with Crippen molar-refractivity contribution >= 4 is 5.69 Å². The lowest BCUT2D eigenvalue weighted by Crippen LogP contribution is -1.91. The minimum atomic E-state index is -0.336. The molecule has 5 heteroatoms. The molecule has 1 heterocycles. The van der Waals surface area contributed by atoms with Gasteiger partial charge in [-0.15, -0.1) is 0 Å². The van der Waals surface area contributed by atoms with Crippen LogP contribution in [0.25, 0.3) is 22.8 Å². The molecule has 0 amide bonds. The Bertz CT molecular complexity index is 745. The van der Waals surface area contributed by atoms with Gasteiger partial charge in [-0.1, -0.05) is 22.9 Å². The second-order valence-corrected chi connectivity index (χ2v) is 4.97. The maximum Gasteiger partial charge on any atom is 0.260 e. The number of nitrogen functional groups attached to an aromatic ring is 1. The second kappa shape index (κ2) is 5.01.